The van der Waals surface area contributed by atoms with Crippen molar-refractivity contribution < 1.29 is 13.2 Å². The maximum absolute atomic E-state index is 12.1. The summed E-state index contributed by atoms with van der Waals surface area (Å²) in [5, 5.41) is 2.96. The molecule has 1 heterocycles. The zero-order chi connectivity index (χ0) is 14.2. The molecule has 1 aliphatic heterocycles. The summed E-state index contributed by atoms with van der Waals surface area (Å²) in [5.74, 6) is -0.300. The summed E-state index contributed by atoms with van der Waals surface area (Å²) in [6.07, 6.45) is 2.63. The molecule has 2 fully saturated rings. The second-order valence-corrected chi connectivity index (χ2v) is 8.19. The van der Waals surface area contributed by atoms with Crippen LogP contribution in [0.3, 0.4) is 0 Å². The Morgan fingerprint density at radius 3 is 2.50 bits per heavy atom. The summed E-state index contributed by atoms with van der Waals surface area (Å²) in [7, 11) is -2.99. The van der Waals surface area contributed by atoms with E-state index in [0.717, 1.165) is 12.8 Å². The van der Waals surface area contributed by atoms with Crippen molar-refractivity contribution >= 4 is 15.7 Å². The molecule has 20 heavy (non-hydrogen) atoms. The van der Waals surface area contributed by atoms with Gasteiger partial charge in [-0.1, -0.05) is 30.3 Å². The number of amides is 1. The maximum Gasteiger partial charge on any atom is 0.224 e. The Balaban J connectivity index is 1.59. The van der Waals surface area contributed by atoms with Crippen molar-refractivity contribution in [1.29, 1.82) is 0 Å². The van der Waals surface area contributed by atoms with Crippen molar-refractivity contribution in [2.45, 2.75) is 24.7 Å². The Morgan fingerprint density at radius 1 is 1.25 bits per heavy atom. The van der Waals surface area contributed by atoms with Crippen LogP contribution >= 0.6 is 0 Å². The second kappa shape index (κ2) is 4.88. The number of hydrogen-bond donors (Lipinski definition) is 1. The van der Waals surface area contributed by atoms with E-state index in [0.29, 0.717) is 13.0 Å². The Bertz CT molecular complexity index is 605. The van der Waals surface area contributed by atoms with E-state index in [-0.39, 0.29) is 28.7 Å². The molecule has 2 aliphatic rings. The molecule has 1 saturated heterocycles. The molecule has 1 aromatic carbocycles. The maximum atomic E-state index is 12.1. The molecule has 5 heteroatoms. The van der Waals surface area contributed by atoms with Crippen LogP contribution in [0.25, 0.3) is 0 Å². The fraction of sp³-hybridized carbons (Fsp3) is 0.533. The minimum absolute atomic E-state index is 0.0111. The highest BCUT2D eigenvalue weighted by atomic mass is 32.2. The van der Waals surface area contributed by atoms with Crippen LogP contribution in [0, 0.1) is 5.92 Å². The van der Waals surface area contributed by atoms with Gasteiger partial charge in [0.15, 0.2) is 9.84 Å². The van der Waals surface area contributed by atoms with Gasteiger partial charge in [0.1, 0.15) is 0 Å². The molecule has 1 unspecified atom stereocenters. The number of benzene rings is 1. The number of nitrogens with one attached hydrogen (secondary N) is 1. The number of hydrogen-bond acceptors (Lipinski definition) is 3. The molecule has 1 aliphatic carbocycles. The van der Waals surface area contributed by atoms with E-state index < -0.39 is 9.84 Å². The highest BCUT2D eigenvalue weighted by Gasteiger charge is 2.44. The third kappa shape index (κ3) is 2.73. The summed E-state index contributed by atoms with van der Waals surface area (Å²) in [6, 6.07) is 10.2. The third-order valence-electron chi connectivity index (χ3n) is 4.44. The summed E-state index contributed by atoms with van der Waals surface area (Å²) in [6.45, 7) is 0.617. The molecule has 1 N–H and O–H groups in total. The first-order valence-electron chi connectivity index (χ1n) is 7.04. The van der Waals surface area contributed by atoms with Gasteiger partial charge in [0.25, 0.3) is 0 Å². The number of rotatable bonds is 4. The van der Waals surface area contributed by atoms with Gasteiger partial charge in [-0.05, 0) is 24.8 Å². The molecule has 1 amide bonds. The molecule has 1 saturated carbocycles. The number of sulfone groups is 1. The molecule has 0 aromatic heterocycles. The first kappa shape index (κ1) is 13.6. The Hall–Kier alpha value is -1.36. The van der Waals surface area contributed by atoms with Crippen molar-refractivity contribution in [3.05, 3.63) is 35.9 Å². The van der Waals surface area contributed by atoms with Crippen molar-refractivity contribution in [3.63, 3.8) is 0 Å². The lowest BCUT2D eigenvalue weighted by atomic mass is 9.95. The monoisotopic (exact) mass is 293 g/mol. The standard InChI is InChI=1S/C15H19NO3S/c17-14(12-6-9-20(18,19)10-12)16-11-15(7-8-15)13-4-2-1-3-5-13/h1-5,12H,6-11H2,(H,16,17). The molecular formula is C15H19NO3S. The Kier molecular flexibility index (Phi) is 3.32. The van der Waals surface area contributed by atoms with Crippen molar-refractivity contribution in [2.75, 3.05) is 18.1 Å². The second-order valence-electron chi connectivity index (χ2n) is 5.96. The largest absolute Gasteiger partial charge is 0.355 e. The normalized spacial score (nSPS) is 26.1. The first-order chi connectivity index (χ1) is 9.51. The number of carbonyl (C=O) groups excluding carboxylic acids is 1. The van der Waals surface area contributed by atoms with E-state index in [4.69, 9.17) is 0 Å². The van der Waals surface area contributed by atoms with E-state index in [1.54, 1.807) is 0 Å². The van der Waals surface area contributed by atoms with E-state index in [1.165, 1.54) is 5.56 Å². The molecule has 1 atom stereocenters. The third-order valence-corrected chi connectivity index (χ3v) is 6.21. The smallest absolute Gasteiger partial charge is 0.224 e. The van der Waals surface area contributed by atoms with E-state index in [1.807, 2.05) is 18.2 Å². The van der Waals surface area contributed by atoms with Crippen LogP contribution in [0.1, 0.15) is 24.8 Å². The highest BCUT2D eigenvalue weighted by Crippen LogP contribution is 2.47. The van der Waals surface area contributed by atoms with Gasteiger partial charge in [0.05, 0.1) is 17.4 Å². The lowest BCUT2D eigenvalue weighted by molar-refractivity contribution is -0.124. The predicted octanol–water partition coefficient (Wildman–Crippen LogP) is 1.27. The van der Waals surface area contributed by atoms with Gasteiger partial charge in [-0.15, -0.1) is 0 Å². The summed E-state index contributed by atoms with van der Waals surface area (Å²) >= 11 is 0. The average molecular weight is 293 g/mol. The van der Waals surface area contributed by atoms with Crippen LogP contribution in [0.4, 0.5) is 0 Å². The predicted molar refractivity (Wildman–Crippen MR) is 77.1 cm³/mol. The van der Waals surface area contributed by atoms with Crippen LogP contribution in [0.2, 0.25) is 0 Å². The highest BCUT2D eigenvalue weighted by molar-refractivity contribution is 7.91. The summed E-state index contributed by atoms with van der Waals surface area (Å²) in [4.78, 5) is 12.1. The van der Waals surface area contributed by atoms with Gasteiger partial charge >= 0.3 is 0 Å². The van der Waals surface area contributed by atoms with Gasteiger partial charge in [-0.25, -0.2) is 8.42 Å². The molecule has 0 bridgehead atoms. The van der Waals surface area contributed by atoms with Crippen LogP contribution in [-0.2, 0) is 20.0 Å². The lowest BCUT2D eigenvalue weighted by Crippen LogP contribution is -2.36. The topological polar surface area (TPSA) is 63.2 Å². The molecule has 1 aromatic rings. The van der Waals surface area contributed by atoms with Gasteiger partial charge < -0.3 is 5.32 Å². The molecule has 3 rings (SSSR count). The Morgan fingerprint density at radius 2 is 1.95 bits per heavy atom. The van der Waals surface area contributed by atoms with Crippen LogP contribution in [-0.4, -0.2) is 32.4 Å². The molecule has 4 nitrogen and oxygen atoms in total. The fourth-order valence-corrected chi connectivity index (χ4v) is 4.65. The SMILES string of the molecule is O=C(NCC1(c2ccccc2)CC1)C1CCS(=O)(=O)C1. The van der Waals surface area contributed by atoms with E-state index >= 15 is 0 Å². The van der Waals surface area contributed by atoms with Crippen molar-refractivity contribution in [3.8, 4) is 0 Å². The van der Waals surface area contributed by atoms with Crippen molar-refractivity contribution in [2.24, 2.45) is 5.92 Å². The van der Waals surface area contributed by atoms with Crippen LogP contribution in [0.15, 0.2) is 30.3 Å². The van der Waals surface area contributed by atoms with Crippen LogP contribution < -0.4 is 5.32 Å². The first-order valence-corrected chi connectivity index (χ1v) is 8.87. The molecule has 0 spiro atoms. The molecular weight excluding hydrogens is 274 g/mol. The van der Waals surface area contributed by atoms with Gasteiger partial charge in [0.2, 0.25) is 5.91 Å². The Labute approximate surface area is 119 Å². The van der Waals surface area contributed by atoms with E-state index in [9.17, 15) is 13.2 Å². The van der Waals surface area contributed by atoms with Gasteiger partial charge in [-0.2, -0.15) is 0 Å². The van der Waals surface area contributed by atoms with Gasteiger partial charge in [-0.3, -0.25) is 4.79 Å². The lowest BCUT2D eigenvalue weighted by Gasteiger charge is -2.18. The van der Waals surface area contributed by atoms with Gasteiger partial charge in [0, 0.05) is 12.0 Å². The number of carbonyl (C=O) groups is 1. The zero-order valence-corrected chi connectivity index (χ0v) is 12.2. The molecule has 108 valence electrons. The quantitative estimate of drug-likeness (QED) is 0.909. The average Bonchev–Trinajstić information content (AvgIpc) is 3.15. The molecule has 0 radical (unpaired) electrons. The fourth-order valence-electron chi connectivity index (χ4n) is 2.91. The van der Waals surface area contributed by atoms with Crippen LogP contribution in [0.5, 0.6) is 0 Å². The minimum atomic E-state index is -2.99. The van der Waals surface area contributed by atoms with Crippen molar-refractivity contribution in [1.82, 2.24) is 5.32 Å². The van der Waals surface area contributed by atoms with E-state index in [2.05, 4.69) is 17.4 Å². The summed E-state index contributed by atoms with van der Waals surface area (Å²) < 4.78 is 22.8. The minimum Gasteiger partial charge on any atom is -0.355 e. The zero-order valence-electron chi connectivity index (χ0n) is 11.3. The summed E-state index contributed by atoms with van der Waals surface area (Å²) in [5.41, 5.74) is 1.34.